The summed E-state index contributed by atoms with van der Waals surface area (Å²) in [5.74, 6) is 1.57. The van der Waals surface area contributed by atoms with Crippen LogP contribution in [0.25, 0.3) is 0 Å². The van der Waals surface area contributed by atoms with E-state index in [1.807, 2.05) is 18.6 Å². The molecule has 0 saturated carbocycles. The molecule has 0 atom stereocenters. The Morgan fingerprint density at radius 1 is 1.16 bits per heavy atom. The van der Waals surface area contributed by atoms with Crippen LogP contribution in [0.1, 0.15) is 37.9 Å². The second-order valence-electron chi connectivity index (χ2n) is 6.86. The molecule has 7 heteroatoms. The number of hydrogen-bond acceptors (Lipinski definition) is 6. The molecule has 1 aromatic carbocycles. The summed E-state index contributed by atoms with van der Waals surface area (Å²) in [6.07, 6.45) is 5.46. The van der Waals surface area contributed by atoms with Crippen molar-refractivity contribution >= 4 is 0 Å². The summed E-state index contributed by atoms with van der Waals surface area (Å²) in [4.78, 5) is 8.83. The second kappa shape index (κ2) is 6.88. The van der Waals surface area contributed by atoms with Crippen molar-refractivity contribution in [3.05, 3.63) is 59.9 Å². The molecule has 0 fully saturated rings. The Hall–Kier alpha value is -2.96. The molecule has 3 aromatic rings. The van der Waals surface area contributed by atoms with E-state index in [1.54, 1.807) is 28.9 Å². The van der Waals surface area contributed by atoms with Crippen LogP contribution in [-0.4, -0.2) is 30.1 Å². The molecule has 25 heavy (non-hydrogen) atoms. The predicted molar refractivity (Wildman–Crippen MR) is 92.3 cm³/mol. The molecule has 0 spiro atoms. The first-order valence-corrected chi connectivity index (χ1v) is 8.02. The monoisotopic (exact) mass is 339 g/mol. The quantitative estimate of drug-likeness (QED) is 0.769. The van der Waals surface area contributed by atoms with Crippen LogP contribution in [0.5, 0.6) is 11.5 Å². The van der Waals surface area contributed by atoms with Crippen molar-refractivity contribution in [3.63, 3.8) is 0 Å². The smallest absolute Gasteiger partial charge is 0.134 e. The molecule has 1 N–H and O–H groups in total. The van der Waals surface area contributed by atoms with Gasteiger partial charge in [0, 0.05) is 29.4 Å². The third kappa shape index (κ3) is 4.53. The minimum atomic E-state index is -0.0673. The van der Waals surface area contributed by atoms with Gasteiger partial charge in [-0.3, -0.25) is 0 Å². The fraction of sp³-hybridized carbons (Fsp3) is 0.333. The maximum absolute atomic E-state index is 9.42. The van der Waals surface area contributed by atoms with Crippen LogP contribution in [0.4, 0.5) is 0 Å². The van der Waals surface area contributed by atoms with Gasteiger partial charge in [0.25, 0.3) is 0 Å². The zero-order valence-corrected chi connectivity index (χ0v) is 14.5. The molecule has 0 bridgehead atoms. The summed E-state index contributed by atoms with van der Waals surface area (Å²) in [5.41, 5.74) is 1.59. The van der Waals surface area contributed by atoms with E-state index in [2.05, 4.69) is 41.1 Å². The largest absolute Gasteiger partial charge is 0.508 e. The molecule has 0 aliphatic rings. The summed E-state index contributed by atoms with van der Waals surface area (Å²) < 4.78 is 7.31. The van der Waals surface area contributed by atoms with E-state index in [-0.39, 0.29) is 17.8 Å². The van der Waals surface area contributed by atoms with Crippen LogP contribution in [-0.2, 0) is 18.6 Å². The first-order chi connectivity index (χ1) is 11.9. The molecular weight excluding hydrogens is 318 g/mol. The normalized spacial score (nSPS) is 11.5. The van der Waals surface area contributed by atoms with Gasteiger partial charge in [-0.15, -0.1) is 5.10 Å². The summed E-state index contributed by atoms with van der Waals surface area (Å²) >= 11 is 0. The molecule has 2 heterocycles. The Morgan fingerprint density at radius 3 is 2.60 bits per heavy atom. The molecular formula is C18H21N5O2. The summed E-state index contributed by atoms with van der Waals surface area (Å²) in [6, 6.07) is 6.65. The molecule has 0 saturated heterocycles. The molecule has 2 aromatic heterocycles. The van der Waals surface area contributed by atoms with E-state index >= 15 is 0 Å². The van der Waals surface area contributed by atoms with Crippen molar-refractivity contribution in [2.45, 2.75) is 39.3 Å². The molecule has 0 unspecified atom stereocenters. The lowest BCUT2D eigenvalue weighted by atomic mass is 9.96. The van der Waals surface area contributed by atoms with Gasteiger partial charge in [-0.1, -0.05) is 32.1 Å². The number of aromatic hydroxyl groups is 1. The van der Waals surface area contributed by atoms with Gasteiger partial charge in [-0.25, -0.2) is 14.6 Å². The molecule has 0 aliphatic heterocycles. The Balaban J connectivity index is 1.60. The Bertz CT molecular complexity index is 837. The van der Waals surface area contributed by atoms with Crippen molar-refractivity contribution in [3.8, 4) is 11.5 Å². The Kier molecular flexibility index (Phi) is 4.65. The number of nitrogens with zero attached hydrogens (tertiary/aromatic N) is 5. The highest BCUT2D eigenvalue weighted by atomic mass is 16.5. The highest BCUT2D eigenvalue weighted by molar-refractivity contribution is 5.31. The highest BCUT2D eigenvalue weighted by Gasteiger charge is 2.16. The third-order valence-corrected chi connectivity index (χ3v) is 3.51. The molecule has 7 nitrogen and oxygen atoms in total. The van der Waals surface area contributed by atoms with Crippen molar-refractivity contribution in [2.24, 2.45) is 0 Å². The molecule has 3 rings (SSSR count). The van der Waals surface area contributed by atoms with Crippen molar-refractivity contribution in [2.75, 3.05) is 0 Å². The number of hydrogen-bond donors (Lipinski definition) is 1. The van der Waals surface area contributed by atoms with Crippen LogP contribution in [0.3, 0.4) is 0 Å². The average Bonchev–Trinajstić information content (AvgIpc) is 3.00. The van der Waals surface area contributed by atoms with Gasteiger partial charge >= 0.3 is 0 Å². The zero-order chi connectivity index (χ0) is 17.9. The van der Waals surface area contributed by atoms with Gasteiger partial charge < -0.3 is 9.84 Å². The number of rotatable bonds is 5. The van der Waals surface area contributed by atoms with E-state index in [0.717, 1.165) is 11.4 Å². The molecule has 0 aliphatic carbocycles. The Morgan fingerprint density at radius 2 is 1.92 bits per heavy atom. The lowest BCUT2D eigenvalue weighted by molar-refractivity contribution is 0.299. The fourth-order valence-electron chi connectivity index (χ4n) is 2.22. The SMILES string of the molecule is CC(C)(C)c1ncc(Cn2cc(COc3cccc(O)c3)nn2)cn1. The molecule has 0 radical (unpaired) electrons. The number of benzene rings is 1. The van der Waals surface area contributed by atoms with Gasteiger partial charge in [-0.2, -0.15) is 0 Å². The number of phenolic OH excluding ortho intramolecular Hbond substituents is 1. The average molecular weight is 339 g/mol. The van der Waals surface area contributed by atoms with Crippen LogP contribution in [0, 0.1) is 0 Å². The van der Waals surface area contributed by atoms with Crippen LogP contribution in [0.2, 0.25) is 0 Å². The maximum atomic E-state index is 9.42. The van der Waals surface area contributed by atoms with Crippen molar-refractivity contribution < 1.29 is 9.84 Å². The van der Waals surface area contributed by atoms with Gasteiger partial charge in [-0.05, 0) is 12.1 Å². The van der Waals surface area contributed by atoms with E-state index in [4.69, 9.17) is 4.74 Å². The third-order valence-electron chi connectivity index (χ3n) is 3.51. The van der Waals surface area contributed by atoms with Crippen LogP contribution >= 0.6 is 0 Å². The van der Waals surface area contributed by atoms with E-state index in [9.17, 15) is 5.11 Å². The highest BCUT2D eigenvalue weighted by Crippen LogP contribution is 2.19. The van der Waals surface area contributed by atoms with E-state index < -0.39 is 0 Å². The van der Waals surface area contributed by atoms with Gasteiger partial charge in [0.15, 0.2) is 0 Å². The van der Waals surface area contributed by atoms with Gasteiger partial charge in [0.1, 0.15) is 29.6 Å². The topological polar surface area (TPSA) is 86.0 Å². The summed E-state index contributed by atoms with van der Waals surface area (Å²) in [7, 11) is 0. The molecule has 130 valence electrons. The first kappa shape index (κ1) is 16.9. The molecule has 0 amide bonds. The van der Waals surface area contributed by atoms with Crippen molar-refractivity contribution in [1.82, 2.24) is 25.0 Å². The summed E-state index contributed by atoms with van der Waals surface area (Å²) in [5, 5.41) is 17.6. The standard InChI is InChI=1S/C18H21N5O2/c1-18(2,3)17-19-8-13(9-20-17)10-23-11-14(21-22-23)12-25-16-6-4-5-15(24)7-16/h4-9,11,24H,10,12H2,1-3H3. The van der Waals surface area contributed by atoms with Gasteiger partial charge in [0.2, 0.25) is 0 Å². The minimum absolute atomic E-state index is 0.0673. The van der Waals surface area contributed by atoms with E-state index in [0.29, 0.717) is 18.0 Å². The predicted octanol–water partition coefficient (Wildman–Crippen LogP) is 2.70. The van der Waals surface area contributed by atoms with Crippen LogP contribution < -0.4 is 4.74 Å². The minimum Gasteiger partial charge on any atom is -0.508 e. The van der Waals surface area contributed by atoms with Crippen molar-refractivity contribution in [1.29, 1.82) is 0 Å². The number of phenols is 1. The lowest BCUT2D eigenvalue weighted by Gasteiger charge is -2.15. The van der Waals surface area contributed by atoms with E-state index in [1.165, 1.54) is 0 Å². The number of ether oxygens (including phenoxy) is 1. The first-order valence-electron chi connectivity index (χ1n) is 8.02. The fourth-order valence-corrected chi connectivity index (χ4v) is 2.22. The van der Waals surface area contributed by atoms with Crippen LogP contribution in [0.15, 0.2) is 42.9 Å². The maximum Gasteiger partial charge on any atom is 0.134 e. The lowest BCUT2D eigenvalue weighted by Crippen LogP contribution is -2.16. The zero-order valence-electron chi connectivity index (χ0n) is 14.5. The number of aromatic nitrogens is 5. The second-order valence-corrected chi connectivity index (χ2v) is 6.86. The Labute approximate surface area is 146 Å². The van der Waals surface area contributed by atoms with Gasteiger partial charge in [0.05, 0.1) is 12.7 Å². The summed E-state index contributed by atoms with van der Waals surface area (Å²) in [6.45, 7) is 7.07.